The van der Waals surface area contributed by atoms with Crippen molar-refractivity contribution in [3.05, 3.63) is 0 Å². The highest BCUT2D eigenvalue weighted by atomic mass is 19.3. The van der Waals surface area contributed by atoms with Gasteiger partial charge in [-0.3, -0.25) is 4.79 Å². The van der Waals surface area contributed by atoms with E-state index in [1.165, 1.54) is 0 Å². The molecule has 2 rings (SSSR count). The van der Waals surface area contributed by atoms with Gasteiger partial charge in [0.05, 0.1) is 5.92 Å². The molecule has 2 fully saturated rings. The first kappa shape index (κ1) is 8.91. The predicted molar refractivity (Wildman–Crippen MR) is 41.5 cm³/mol. The Morgan fingerprint density at radius 3 is 2.08 bits per heavy atom. The summed E-state index contributed by atoms with van der Waals surface area (Å²) < 4.78 is 26.6. The topological polar surface area (TPSA) is 37.3 Å². The third-order valence-electron chi connectivity index (χ3n) is 3.44. The molecule has 0 saturated heterocycles. The molecule has 2 unspecified atom stereocenters. The van der Waals surface area contributed by atoms with Crippen LogP contribution in [0.5, 0.6) is 0 Å². The Kier molecular flexibility index (Phi) is 1.82. The van der Waals surface area contributed by atoms with E-state index in [0.717, 1.165) is 0 Å². The van der Waals surface area contributed by atoms with Crippen molar-refractivity contribution in [2.75, 3.05) is 0 Å². The largest absolute Gasteiger partial charge is 0.481 e. The molecule has 0 spiro atoms. The van der Waals surface area contributed by atoms with Gasteiger partial charge < -0.3 is 5.11 Å². The second-order valence-electron chi connectivity index (χ2n) is 4.15. The molecule has 0 amide bonds. The maximum Gasteiger partial charge on any atom is 0.306 e. The first-order chi connectivity index (χ1) is 6.01. The van der Waals surface area contributed by atoms with Crippen molar-refractivity contribution in [1.29, 1.82) is 0 Å². The van der Waals surface area contributed by atoms with Gasteiger partial charge in [-0.1, -0.05) is 0 Å². The van der Waals surface area contributed by atoms with Crippen LogP contribution in [0, 0.1) is 17.8 Å². The summed E-state index contributed by atoms with van der Waals surface area (Å²) in [5.74, 6) is -5.38. The van der Waals surface area contributed by atoms with E-state index in [-0.39, 0.29) is 12.8 Å². The van der Waals surface area contributed by atoms with E-state index in [1.807, 2.05) is 0 Å². The Morgan fingerprint density at radius 2 is 1.69 bits per heavy atom. The quantitative estimate of drug-likeness (QED) is 0.687. The number of halogens is 2. The molecule has 2 aliphatic rings. The van der Waals surface area contributed by atoms with Crippen molar-refractivity contribution in [3.63, 3.8) is 0 Å². The van der Waals surface area contributed by atoms with Gasteiger partial charge in [0, 0.05) is 11.8 Å². The van der Waals surface area contributed by atoms with Crippen molar-refractivity contribution in [2.24, 2.45) is 17.8 Å². The maximum atomic E-state index is 13.3. The fraction of sp³-hybridized carbons (Fsp3) is 0.889. The number of fused-ring (bicyclic) bond motifs is 2. The number of aliphatic carboxylic acids is 1. The normalized spacial score (nSPS) is 41.8. The summed E-state index contributed by atoms with van der Waals surface area (Å²) in [4.78, 5) is 10.6. The molecule has 2 atom stereocenters. The molecule has 2 nitrogen and oxygen atoms in total. The average Bonchev–Trinajstić information content (AvgIpc) is 2.24. The highest BCUT2D eigenvalue weighted by Crippen LogP contribution is 2.54. The minimum absolute atomic E-state index is 0.166. The maximum absolute atomic E-state index is 13.3. The number of carbonyl (C=O) groups is 1. The number of hydrogen-bond donors (Lipinski definition) is 1. The van der Waals surface area contributed by atoms with Gasteiger partial charge in [-0.05, 0) is 25.7 Å². The van der Waals surface area contributed by atoms with E-state index in [1.54, 1.807) is 0 Å². The third-order valence-corrected chi connectivity index (χ3v) is 3.44. The number of carboxylic acids is 1. The molecule has 74 valence electrons. The molecule has 0 aromatic carbocycles. The van der Waals surface area contributed by atoms with Crippen molar-refractivity contribution in [3.8, 4) is 0 Å². The van der Waals surface area contributed by atoms with Gasteiger partial charge in [0.1, 0.15) is 0 Å². The van der Waals surface area contributed by atoms with Crippen LogP contribution in [0.1, 0.15) is 25.7 Å². The fourth-order valence-corrected chi connectivity index (χ4v) is 2.66. The fourth-order valence-electron chi connectivity index (χ4n) is 2.66. The Bertz CT molecular complexity index is 224. The second kappa shape index (κ2) is 2.66. The summed E-state index contributed by atoms with van der Waals surface area (Å²) in [6.45, 7) is 0. The summed E-state index contributed by atoms with van der Waals surface area (Å²) in [6.07, 6.45) is 1.33. The molecule has 13 heavy (non-hydrogen) atoms. The Hall–Kier alpha value is -0.670. The molecule has 0 aromatic rings. The summed E-state index contributed by atoms with van der Waals surface area (Å²) in [6, 6.07) is 0. The molecule has 0 aliphatic heterocycles. The van der Waals surface area contributed by atoms with Gasteiger partial charge in [-0.25, -0.2) is 8.78 Å². The number of carboxylic acid groups (broad SMARTS) is 1. The second-order valence-corrected chi connectivity index (χ2v) is 4.15. The van der Waals surface area contributed by atoms with Gasteiger partial charge in [0.2, 0.25) is 0 Å². The Labute approximate surface area is 74.9 Å². The Balaban J connectivity index is 2.15. The van der Waals surface area contributed by atoms with Crippen LogP contribution in [0.2, 0.25) is 0 Å². The monoisotopic (exact) mass is 190 g/mol. The van der Waals surface area contributed by atoms with Crippen molar-refractivity contribution >= 4 is 5.97 Å². The van der Waals surface area contributed by atoms with Gasteiger partial charge in [-0.2, -0.15) is 0 Å². The molecule has 1 N–H and O–H groups in total. The standard InChI is InChI=1S/C9H12F2O2/c10-9(11)6-1-2-7(9)4-5(3-6)8(12)13/h5-7H,1-4H2,(H,12,13). The van der Waals surface area contributed by atoms with E-state index >= 15 is 0 Å². The lowest BCUT2D eigenvalue weighted by molar-refractivity contribution is -0.153. The van der Waals surface area contributed by atoms with Crippen LogP contribution in [0.25, 0.3) is 0 Å². The van der Waals surface area contributed by atoms with Gasteiger partial charge in [-0.15, -0.1) is 0 Å². The van der Waals surface area contributed by atoms with E-state index in [9.17, 15) is 13.6 Å². The SMILES string of the molecule is O=C(O)C1CC2CCC(C1)C2(F)F. The van der Waals surface area contributed by atoms with Crippen LogP contribution in [0.15, 0.2) is 0 Å². The molecular formula is C9H12F2O2. The zero-order chi connectivity index (χ0) is 9.64. The van der Waals surface area contributed by atoms with E-state index in [0.29, 0.717) is 12.8 Å². The first-order valence-electron chi connectivity index (χ1n) is 4.62. The average molecular weight is 190 g/mol. The molecule has 0 heterocycles. The van der Waals surface area contributed by atoms with Crippen molar-refractivity contribution in [2.45, 2.75) is 31.6 Å². The highest BCUT2D eigenvalue weighted by molar-refractivity contribution is 5.70. The van der Waals surface area contributed by atoms with E-state index < -0.39 is 29.6 Å². The summed E-state index contributed by atoms with van der Waals surface area (Å²) in [7, 11) is 0. The van der Waals surface area contributed by atoms with Crippen LogP contribution in [-0.2, 0) is 4.79 Å². The number of alkyl halides is 2. The summed E-state index contributed by atoms with van der Waals surface area (Å²) in [5.41, 5.74) is 0. The van der Waals surface area contributed by atoms with Crippen molar-refractivity contribution < 1.29 is 18.7 Å². The van der Waals surface area contributed by atoms with E-state index in [2.05, 4.69) is 0 Å². The Morgan fingerprint density at radius 1 is 1.23 bits per heavy atom. The smallest absolute Gasteiger partial charge is 0.306 e. The number of hydrogen-bond acceptors (Lipinski definition) is 1. The van der Waals surface area contributed by atoms with Gasteiger partial charge >= 0.3 is 5.97 Å². The minimum Gasteiger partial charge on any atom is -0.481 e. The lowest BCUT2D eigenvalue weighted by Gasteiger charge is -2.33. The lowest BCUT2D eigenvalue weighted by Crippen LogP contribution is -2.39. The van der Waals surface area contributed by atoms with Crippen LogP contribution in [-0.4, -0.2) is 17.0 Å². The molecule has 2 bridgehead atoms. The van der Waals surface area contributed by atoms with E-state index in [4.69, 9.17) is 5.11 Å². The zero-order valence-electron chi connectivity index (χ0n) is 7.17. The lowest BCUT2D eigenvalue weighted by atomic mass is 9.78. The zero-order valence-corrected chi connectivity index (χ0v) is 7.17. The molecular weight excluding hydrogens is 178 g/mol. The first-order valence-corrected chi connectivity index (χ1v) is 4.62. The molecule has 2 saturated carbocycles. The van der Waals surface area contributed by atoms with Crippen LogP contribution in [0.3, 0.4) is 0 Å². The molecule has 0 aromatic heterocycles. The van der Waals surface area contributed by atoms with Gasteiger partial charge in [0.25, 0.3) is 5.92 Å². The van der Waals surface area contributed by atoms with Crippen LogP contribution in [0.4, 0.5) is 8.78 Å². The minimum atomic E-state index is -2.59. The van der Waals surface area contributed by atoms with Gasteiger partial charge in [0.15, 0.2) is 0 Å². The summed E-state index contributed by atoms with van der Waals surface area (Å²) in [5, 5.41) is 8.73. The van der Waals surface area contributed by atoms with Crippen LogP contribution < -0.4 is 0 Å². The number of rotatable bonds is 1. The van der Waals surface area contributed by atoms with Crippen LogP contribution >= 0.6 is 0 Å². The third kappa shape index (κ3) is 1.23. The summed E-state index contributed by atoms with van der Waals surface area (Å²) >= 11 is 0. The predicted octanol–water partition coefficient (Wildman–Crippen LogP) is 2.14. The van der Waals surface area contributed by atoms with Crippen molar-refractivity contribution in [1.82, 2.24) is 0 Å². The molecule has 2 aliphatic carbocycles. The molecule has 4 heteroatoms. The highest BCUT2D eigenvalue weighted by Gasteiger charge is 2.56. The molecule has 0 radical (unpaired) electrons.